The van der Waals surface area contributed by atoms with E-state index < -0.39 is 5.97 Å². The number of hydrogen-bond donors (Lipinski definition) is 1. The van der Waals surface area contributed by atoms with Gasteiger partial charge in [-0.05, 0) is 35.8 Å². The number of rotatable bonds is 7. The summed E-state index contributed by atoms with van der Waals surface area (Å²) in [6.45, 7) is -0.364. The Bertz CT molecular complexity index is 1260. The molecule has 0 saturated heterocycles. The van der Waals surface area contributed by atoms with Crippen molar-refractivity contribution in [2.45, 2.75) is 6.42 Å². The summed E-state index contributed by atoms with van der Waals surface area (Å²) < 4.78 is 5.11. The molecule has 0 saturated carbocycles. The molecule has 0 aliphatic carbocycles. The summed E-state index contributed by atoms with van der Waals surface area (Å²) >= 11 is 0. The van der Waals surface area contributed by atoms with Crippen LogP contribution in [-0.4, -0.2) is 23.5 Å². The van der Waals surface area contributed by atoms with Gasteiger partial charge in [0.05, 0.1) is 5.52 Å². The zero-order valence-electron chi connectivity index (χ0n) is 17.4. The Morgan fingerprint density at radius 2 is 1.66 bits per heavy atom. The molecular formula is C27H22N2O3. The number of carbonyl (C=O) groups excluding carboxylic acids is 2. The van der Waals surface area contributed by atoms with E-state index in [9.17, 15) is 9.59 Å². The molecule has 0 aliphatic heterocycles. The molecule has 1 aromatic heterocycles. The zero-order valence-corrected chi connectivity index (χ0v) is 17.4. The summed E-state index contributed by atoms with van der Waals surface area (Å²) in [4.78, 5) is 28.8. The molecule has 0 spiro atoms. The van der Waals surface area contributed by atoms with Gasteiger partial charge >= 0.3 is 5.97 Å². The molecule has 0 bridgehead atoms. The molecule has 1 heterocycles. The Hall–Kier alpha value is -4.25. The van der Waals surface area contributed by atoms with Gasteiger partial charge in [0.1, 0.15) is 0 Å². The van der Waals surface area contributed by atoms with Crippen LogP contribution < -0.4 is 5.32 Å². The van der Waals surface area contributed by atoms with Crippen molar-refractivity contribution in [1.29, 1.82) is 0 Å². The van der Waals surface area contributed by atoms with E-state index in [0.717, 1.165) is 27.6 Å². The topological polar surface area (TPSA) is 68.3 Å². The van der Waals surface area contributed by atoms with E-state index in [-0.39, 0.29) is 12.5 Å². The molecule has 3 aromatic carbocycles. The van der Waals surface area contributed by atoms with Gasteiger partial charge in [0, 0.05) is 28.9 Å². The van der Waals surface area contributed by atoms with Gasteiger partial charge in [0.15, 0.2) is 6.61 Å². The van der Waals surface area contributed by atoms with E-state index >= 15 is 0 Å². The lowest BCUT2D eigenvalue weighted by molar-refractivity contribution is -0.142. The first-order valence-corrected chi connectivity index (χ1v) is 10.3. The van der Waals surface area contributed by atoms with Crippen molar-refractivity contribution in [3.05, 3.63) is 114 Å². The van der Waals surface area contributed by atoms with Crippen LogP contribution in [0.5, 0.6) is 0 Å². The van der Waals surface area contributed by atoms with Gasteiger partial charge in [-0.1, -0.05) is 72.8 Å². The number of aromatic nitrogens is 1. The molecule has 158 valence electrons. The fraction of sp³-hybridized carbons (Fsp3) is 0.0741. The molecule has 0 atom stereocenters. The third-order valence-corrected chi connectivity index (χ3v) is 4.94. The zero-order chi connectivity index (χ0) is 22.2. The van der Waals surface area contributed by atoms with Crippen LogP contribution in [0.15, 0.2) is 97.2 Å². The van der Waals surface area contributed by atoms with Crippen LogP contribution in [0.2, 0.25) is 0 Å². The number of pyridine rings is 1. The fourth-order valence-corrected chi connectivity index (χ4v) is 3.40. The Morgan fingerprint density at radius 3 is 2.53 bits per heavy atom. The number of anilines is 1. The molecule has 32 heavy (non-hydrogen) atoms. The van der Waals surface area contributed by atoms with Crippen LogP contribution in [0.3, 0.4) is 0 Å². The van der Waals surface area contributed by atoms with Gasteiger partial charge in [-0.3, -0.25) is 9.78 Å². The minimum atomic E-state index is -0.592. The summed E-state index contributed by atoms with van der Waals surface area (Å²) in [5, 5.41) is 3.82. The molecule has 5 heteroatoms. The number of para-hydroxylation sites is 2. The van der Waals surface area contributed by atoms with E-state index in [2.05, 4.69) is 10.3 Å². The minimum absolute atomic E-state index is 0.364. The summed E-state index contributed by atoms with van der Waals surface area (Å²) in [6.07, 6.45) is 5.35. The lowest BCUT2D eigenvalue weighted by Gasteiger charge is -2.11. The lowest BCUT2D eigenvalue weighted by Crippen LogP contribution is -2.20. The standard InChI is InChI=1S/C27H22N2O3/c30-25(29-24-14-5-4-10-23(24)18-20-8-2-1-3-9-20)19-32-26(31)16-15-22-12-6-11-21-13-7-17-28-27(21)22/h1-17H,18-19H2,(H,29,30)/b16-15+. The predicted molar refractivity (Wildman–Crippen MR) is 126 cm³/mol. The summed E-state index contributed by atoms with van der Waals surface area (Å²) in [6, 6.07) is 27.2. The Morgan fingerprint density at radius 1 is 0.875 bits per heavy atom. The van der Waals surface area contributed by atoms with Crippen molar-refractivity contribution >= 4 is 34.5 Å². The number of carbonyl (C=O) groups is 2. The van der Waals surface area contributed by atoms with Crippen LogP contribution in [0.4, 0.5) is 5.69 Å². The average molecular weight is 422 g/mol. The summed E-state index contributed by atoms with van der Waals surface area (Å²) in [5.74, 6) is -0.982. The van der Waals surface area contributed by atoms with E-state index in [1.54, 1.807) is 12.3 Å². The number of nitrogens with one attached hydrogen (secondary N) is 1. The second-order valence-corrected chi connectivity index (χ2v) is 7.23. The van der Waals surface area contributed by atoms with Crippen molar-refractivity contribution < 1.29 is 14.3 Å². The molecular weight excluding hydrogens is 400 g/mol. The first-order valence-electron chi connectivity index (χ1n) is 10.3. The average Bonchev–Trinajstić information content (AvgIpc) is 2.83. The van der Waals surface area contributed by atoms with Gasteiger partial charge in [-0.25, -0.2) is 4.79 Å². The number of amides is 1. The van der Waals surface area contributed by atoms with Crippen molar-refractivity contribution in [1.82, 2.24) is 4.98 Å². The third-order valence-electron chi connectivity index (χ3n) is 4.94. The molecule has 4 aromatic rings. The fourth-order valence-electron chi connectivity index (χ4n) is 3.40. The number of hydrogen-bond acceptors (Lipinski definition) is 4. The maximum atomic E-state index is 12.3. The van der Waals surface area contributed by atoms with Gasteiger partial charge in [-0.15, -0.1) is 0 Å². The van der Waals surface area contributed by atoms with Crippen molar-refractivity contribution in [3.63, 3.8) is 0 Å². The van der Waals surface area contributed by atoms with Gasteiger partial charge < -0.3 is 10.1 Å². The van der Waals surface area contributed by atoms with Crippen LogP contribution in [-0.2, 0) is 20.7 Å². The predicted octanol–water partition coefficient (Wildman–Crippen LogP) is 5.02. The maximum absolute atomic E-state index is 12.3. The SMILES string of the molecule is O=C(COC(=O)/C=C/c1cccc2cccnc12)Nc1ccccc1Cc1ccccc1. The first kappa shape index (κ1) is 21.0. The second-order valence-electron chi connectivity index (χ2n) is 7.23. The molecule has 1 N–H and O–H groups in total. The smallest absolute Gasteiger partial charge is 0.331 e. The Labute approximate surface area is 186 Å². The highest BCUT2D eigenvalue weighted by Crippen LogP contribution is 2.19. The van der Waals surface area contributed by atoms with Gasteiger partial charge in [0.25, 0.3) is 5.91 Å². The molecule has 1 amide bonds. The Kier molecular flexibility index (Phi) is 6.68. The van der Waals surface area contributed by atoms with Crippen LogP contribution in [0.1, 0.15) is 16.7 Å². The van der Waals surface area contributed by atoms with Crippen LogP contribution >= 0.6 is 0 Å². The Balaban J connectivity index is 1.34. The van der Waals surface area contributed by atoms with E-state index in [0.29, 0.717) is 12.1 Å². The highest BCUT2D eigenvalue weighted by Gasteiger charge is 2.09. The number of fused-ring (bicyclic) bond motifs is 1. The number of esters is 1. The normalized spacial score (nSPS) is 10.9. The van der Waals surface area contributed by atoms with Crippen LogP contribution in [0, 0.1) is 0 Å². The van der Waals surface area contributed by atoms with E-state index in [1.165, 1.54) is 6.08 Å². The van der Waals surface area contributed by atoms with Crippen molar-refractivity contribution in [3.8, 4) is 0 Å². The number of nitrogens with zero attached hydrogens (tertiary/aromatic N) is 1. The molecule has 4 rings (SSSR count). The molecule has 0 unspecified atom stereocenters. The lowest BCUT2D eigenvalue weighted by atomic mass is 10.0. The van der Waals surface area contributed by atoms with E-state index in [4.69, 9.17) is 4.74 Å². The first-order chi connectivity index (χ1) is 15.7. The van der Waals surface area contributed by atoms with Gasteiger partial charge in [-0.2, -0.15) is 0 Å². The highest BCUT2D eigenvalue weighted by molar-refractivity contribution is 5.96. The second kappa shape index (κ2) is 10.2. The monoisotopic (exact) mass is 422 g/mol. The summed E-state index contributed by atoms with van der Waals surface area (Å²) in [7, 11) is 0. The molecule has 0 fully saturated rings. The van der Waals surface area contributed by atoms with Crippen molar-refractivity contribution in [2.24, 2.45) is 0 Å². The number of benzene rings is 3. The third kappa shape index (κ3) is 5.46. The maximum Gasteiger partial charge on any atom is 0.331 e. The number of ether oxygens (including phenoxy) is 1. The largest absolute Gasteiger partial charge is 0.452 e. The van der Waals surface area contributed by atoms with Crippen LogP contribution in [0.25, 0.3) is 17.0 Å². The summed E-state index contributed by atoms with van der Waals surface area (Å²) in [5.41, 5.74) is 4.44. The molecule has 0 radical (unpaired) electrons. The minimum Gasteiger partial charge on any atom is -0.452 e. The van der Waals surface area contributed by atoms with E-state index in [1.807, 2.05) is 84.9 Å². The highest BCUT2D eigenvalue weighted by atomic mass is 16.5. The molecule has 0 aliphatic rings. The molecule has 5 nitrogen and oxygen atoms in total. The van der Waals surface area contributed by atoms with Crippen molar-refractivity contribution in [2.75, 3.05) is 11.9 Å². The quantitative estimate of drug-likeness (QED) is 0.335. The van der Waals surface area contributed by atoms with Gasteiger partial charge in [0.2, 0.25) is 0 Å².